The molecule has 0 aliphatic carbocycles. The molecule has 2 rings (SSSR count). The summed E-state index contributed by atoms with van der Waals surface area (Å²) in [6.07, 6.45) is 0. The molecular weight excluding hydrogens is 278 g/mol. The summed E-state index contributed by atoms with van der Waals surface area (Å²) in [5, 5.41) is 0. The van der Waals surface area contributed by atoms with Crippen molar-refractivity contribution in [1.82, 2.24) is 4.98 Å². The molecule has 0 N–H and O–H groups in total. The summed E-state index contributed by atoms with van der Waals surface area (Å²) in [6.45, 7) is 10.4. The molecule has 2 aromatic rings. The molecule has 17 heavy (non-hydrogen) atoms. The molecule has 1 aromatic heterocycles. The van der Waals surface area contributed by atoms with Gasteiger partial charge in [-0.05, 0) is 65.9 Å². The molecular formula is C14H16BrNO. The van der Waals surface area contributed by atoms with Crippen LogP contribution >= 0.6 is 15.9 Å². The van der Waals surface area contributed by atoms with Crippen molar-refractivity contribution in [3.63, 3.8) is 0 Å². The van der Waals surface area contributed by atoms with Crippen LogP contribution in [-0.4, -0.2) is 4.98 Å². The molecule has 0 atom stereocenters. The molecule has 0 spiro atoms. The predicted molar refractivity (Wildman–Crippen MR) is 73.3 cm³/mol. The average Bonchev–Trinajstić information content (AvgIpc) is 2.56. The number of halogens is 1. The van der Waals surface area contributed by atoms with Crippen LogP contribution in [0.3, 0.4) is 0 Å². The maximum absolute atomic E-state index is 5.46. The van der Waals surface area contributed by atoms with E-state index in [9.17, 15) is 0 Å². The number of aromatic nitrogens is 1. The average molecular weight is 294 g/mol. The second-order valence-corrected chi connectivity index (χ2v) is 5.21. The van der Waals surface area contributed by atoms with Crippen molar-refractivity contribution in [3.05, 3.63) is 38.9 Å². The van der Waals surface area contributed by atoms with Gasteiger partial charge in [0.2, 0.25) is 0 Å². The number of rotatable bonds is 1. The van der Waals surface area contributed by atoms with Gasteiger partial charge in [-0.2, -0.15) is 0 Å². The van der Waals surface area contributed by atoms with Gasteiger partial charge in [-0.3, -0.25) is 0 Å². The minimum Gasteiger partial charge on any atom is -0.434 e. The summed E-state index contributed by atoms with van der Waals surface area (Å²) < 4.78 is 6.18. The molecule has 90 valence electrons. The number of nitrogens with zero attached hydrogens (tertiary/aromatic N) is 1. The number of benzene rings is 1. The van der Waals surface area contributed by atoms with Crippen molar-refractivity contribution in [3.8, 4) is 11.3 Å². The summed E-state index contributed by atoms with van der Waals surface area (Å²) in [4.78, 5) is 4.47. The van der Waals surface area contributed by atoms with E-state index in [1.807, 2.05) is 6.92 Å². The Morgan fingerprint density at radius 3 is 1.94 bits per heavy atom. The van der Waals surface area contributed by atoms with E-state index in [2.05, 4.69) is 54.7 Å². The molecule has 0 fully saturated rings. The molecule has 0 saturated heterocycles. The Morgan fingerprint density at radius 1 is 1.00 bits per heavy atom. The molecule has 0 aliphatic rings. The van der Waals surface area contributed by atoms with Crippen LogP contribution in [0.25, 0.3) is 11.3 Å². The van der Waals surface area contributed by atoms with Crippen LogP contribution in [0.5, 0.6) is 0 Å². The summed E-state index contributed by atoms with van der Waals surface area (Å²) in [6, 6.07) is 2.22. The Morgan fingerprint density at radius 2 is 1.53 bits per heavy atom. The molecule has 0 unspecified atom stereocenters. The van der Waals surface area contributed by atoms with Crippen LogP contribution in [-0.2, 0) is 0 Å². The normalized spacial score (nSPS) is 10.9. The van der Waals surface area contributed by atoms with Crippen molar-refractivity contribution in [2.45, 2.75) is 34.6 Å². The first-order valence-corrected chi connectivity index (χ1v) is 6.41. The van der Waals surface area contributed by atoms with E-state index in [-0.39, 0.29) is 0 Å². The zero-order chi connectivity index (χ0) is 12.7. The van der Waals surface area contributed by atoms with Gasteiger partial charge in [0.15, 0.2) is 10.6 Å². The largest absolute Gasteiger partial charge is 0.434 e. The van der Waals surface area contributed by atoms with Gasteiger partial charge in [-0.15, -0.1) is 0 Å². The maximum Gasteiger partial charge on any atom is 0.197 e. The third kappa shape index (κ3) is 2.04. The van der Waals surface area contributed by atoms with Crippen LogP contribution < -0.4 is 0 Å². The highest BCUT2D eigenvalue weighted by Gasteiger charge is 2.17. The monoisotopic (exact) mass is 293 g/mol. The summed E-state index contributed by atoms with van der Waals surface area (Å²) in [7, 11) is 0. The molecule has 1 heterocycles. The molecule has 0 amide bonds. The lowest BCUT2D eigenvalue weighted by Crippen LogP contribution is -1.95. The molecule has 0 aliphatic heterocycles. The third-order valence-electron chi connectivity index (χ3n) is 3.30. The summed E-state index contributed by atoms with van der Waals surface area (Å²) in [5.41, 5.74) is 7.20. The smallest absolute Gasteiger partial charge is 0.197 e. The zero-order valence-electron chi connectivity index (χ0n) is 10.8. The van der Waals surface area contributed by atoms with E-state index in [1.54, 1.807) is 0 Å². The number of hydrogen-bond acceptors (Lipinski definition) is 2. The minimum atomic E-state index is 0.685. The Bertz CT molecular complexity index is 558. The standard InChI is InChI=1S/C14H16BrNO/c1-7-6-8(2)10(4)12(9(7)3)13-14(15)17-11(5)16-13/h6H,1-5H3. The maximum atomic E-state index is 5.46. The highest BCUT2D eigenvalue weighted by atomic mass is 79.9. The SMILES string of the molecule is Cc1nc(-c2c(C)c(C)cc(C)c2C)c(Br)o1. The van der Waals surface area contributed by atoms with Crippen LogP contribution in [0.4, 0.5) is 0 Å². The lowest BCUT2D eigenvalue weighted by Gasteiger charge is -2.13. The van der Waals surface area contributed by atoms with Crippen LogP contribution in [0.1, 0.15) is 28.1 Å². The van der Waals surface area contributed by atoms with E-state index in [1.165, 1.54) is 27.8 Å². The van der Waals surface area contributed by atoms with E-state index in [0.29, 0.717) is 10.6 Å². The number of oxazole rings is 1. The highest BCUT2D eigenvalue weighted by molar-refractivity contribution is 9.10. The Labute approximate surface area is 110 Å². The fourth-order valence-electron chi connectivity index (χ4n) is 2.13. The lowest BCUT2D eigenvalue weighted by atomic mass is 9.93. The predicted octanol–water partition coefficient (Wildman–Crippen LogP) is 4.65. The minimum absolute atomic E-state index is 0.685. The Kier molecular flexibility index (Phi) is 3.13. The molecule has 3 heteroatoms. The van der Waals surface area contributed by atoms with Crippen molar-refractivity contribution in [1.29, 1.82) is 0 Å². The highest BCUT2D eigenvalue weighted by Crippen LogP contribution is 2.35. The first kappa shape index (κ1) is 12.4. The van der Waals surface area contributed by atoms with Gasteiger partial charge in [0.05, 0.1) is 0 Å². The first-order chi connectivity index (χ1) is 7.91. The molecule has 0 bridgehead atoms. The number of aryl methyl sites for hydroxylation is 3. The van der Waals surface area contributed by atoms with Crippen molar-refractivity contribution >= 4 is 15.9 Å². The second kappa shape index (κ2) is 4.30. The molecule has 1 aromatic carbocycles. The summed E-state index contributed by atoms with van der Waals surface area (Å²) in [5.74, 6) is 0.685. The fourth-order valence-corrected chi connectivity index (χ4v) is 2.65. The van der Waals surface area contributed by atoms with Crippen LogP contribution in [0.2, 0.25) is 0 Å². The van der Waals surface area contributed by atoms with Crippen molar-refractivity contribution in [2.24, 2.45) is 0 Å². The van der Waals surface area contributed by atoms with Crippen molar-refractivity contribution in [2.75, 3.05) is 0 Å². The van der Waals surface area contributed by atoms with Gasteiger partial charge in [0, 0.05) is 12.5 Å². The zero-order valence-corrected chi connectivity index (χ0v) is 12.4. The van der Waals surface area contributed by atoms with E-state index in [0.717, 1.165) is 5.69 Å². The second-order valence-electron chi connectivity index (χ2n) is 4.49. The van der Waals surface area contributed by atoms with Crippen LogP contribution in [0, 0.1) is 34.6 Å². The van der Waals surface area contributed by atoms with Gasteiger partial charge in [-0.25, -0.2) is 4.98 Å². The quantitative estimate of drug-likeness (QED) is 0.765. The van der Waals surface area contributed by atoms with Gasteiger partial charge >= 0.3 is 0 Å². The van der Waals surface area contributed by atoms with Crippen molar-refractivity contribution < 1.29 is 4.42 Å². The summed E-state index contributed by atoms with van der Waals surface area (Å²) >= 11 is 3.44. The van der Waals surface area contributed by atoms with E-state index >= 15 is 0 Å². The molecule has 0 saturated carbocycles. The van der Waals surface area contributed by atoms with Crippen LogP contribution in [0.15, 0.2) is 15.2 Å². The van der Waals surface area contributed by atoms with Gasteiger partial charge in [0.1, 0.15) is 5.69 Å². The van der Waals surface area contributed by atoms with Gasteiger partial charge < -0.3 is 4.42 Å². The van der Waals surface area contributed by atoms with Gasteiger partial charge in [0.25, 0.3) is 0 Å². The van der Waals surface area contributed by atoms with E-state index < -0.39 is 0 Å². The Hall–Kier alpha value is -1.09. The third-order valence-corrected chi connectivity index (χ3v) is 3.83. The van der Waals surface area contributed by atoms with E-state index in [4.69, 9.17) is 4.42 Å². The first-order valence-electron chi connectivity index (χ1n) is 5.62. The Balaban J connectivity index is 2.79. The topological polar surface area (TPSA) is 26.0 Å². The molecule has 0 radical (unpaired) electrons. The fraction of sp³-hybridized carbons (Fsp3) is 0.357. The lowest BCUT2D eigenvalue weighted by molar-refractivity contribution is 0.499. The number of hydrogen-bond donors (Lipinski definition) is 0. The molecule has 2 nitrogen and oxygen atoms in total. The van der Waals surface area contributed by atoms with Gasteiger partial charge in [-0.1, -0.05) is 6.07 Å².